The Morgan fingerprint density at radius 3 is 2.69 bits per heavy atom. The van der Waals surface area contributed by atoms with E-state index in [0.717, 1.165) is 22.4 Å². The number of carbonyl (C=O) groups excluding carboxylic acids is 1. The van der Waals surface area contributed by atoms with Crippen molar-refractivity contribution >= 4 is 40.9 Å². The maximum absolute atomic E-state index is 13.6. The number of thioether (sulfide) groups is 1. The van der Waals surface area contributed by atoms with Crippen LogP contribution in [0.5, 0.6) is 0 Å². The minimum absolute atomic E-state index is 0.204. The van der Waals surface area contributed by atoms with Crippen LogP contribution in [0.1, 0.15) is 29.7 Å². The van der Waals surface area contributed by atoms with Gasteiger partial charge in [-0.3, -0.25) is 9.78 Å². The lowest BCUT2D eigenvalue weighted by molar-refractivity contribution is -0.113. The Morgan fingerprint density at radius 1 is 1.11 bits per heavy atom. The molecule has 1 amide bonds. The van der Waals surface area contributed by atoms with Gasteiger partial charge in [0.25, 0.3) is 5.91 Å². The van der Waals surface area contributed by atoms with Crippen LogP contribution in [0.4, 0.5) is 11.6 Å². The standard InChI is InChI=1S/C26H23ClN6OS/c1-16-8-3-6-12-21(16)30-24(34)22-17(2)29-25-31-26(35-15-19-9-4-5-11-20(19)27)32-33(25)23(22)18-10-7-13-28-14-18/h3-14,23H,15H2,1-2H3,(H,30,34)(H,29,31,32)/t23-/m0/s1. The summed E-state index contributed by atoms with van der Waals surface area (Å²) in [4.78, 5) is 22.5. The molecule has 2 aromatic carbocycles. The number of fused-ring (bicyclic) bond motifs is 1. The molecule has 0 unspecified atom stereocenters. The van der Waals surface area contributed by atoms with Crippen LogP contribution in [0.15, 0.2) is 89.5 Å². The number of hydrogen-bond donors (Lipinski definition) is 2. The van der Waals surface area contributed by atoms with Crippen molar-refractivity contribution in [1.29, 1.82) is 0 Å². The minimum Gasteiger partial charge on any atom is -0.328 e. The number of anilines is 2. The van der Waals surface area contributed by atoms with E-state index in [4.69, 9.17) is 16.7 Å². The molecular formula is C26H23ClN6OS. The number of halogens is 1. The molecule has 2 N–H and O–H groups in total. The molecule has 0 bridgehead atoms. The van der Waals surface area contributed by atoms with Gasteiger partial charge >= 0.3 is 0 Å². The van der Waals surface area contributed by atoms with E-state index < -0.39 is 6.04 Å². The number of nitrogens with one attached hydrogen (secondary N) is 2. The van der Waals surface area contributed by atoms with Gasteiger partial charge in [0, 0.05) is 34.6 Å². The molecule has 35 heavy (non-hydrogen) atoms. The molecule has 5 rings (SSSR count). The van der Waals surface area contributed by atoms with E-state index in [2.05, 4.69) is 20.6 Å². The lowest BCUT2D eigenvalue weighted by Crippen LogP contribution is -2.31. The summed E-state index contributed by atoms with van der Waals surface area (Å²) >= 11 is 7.81. The van der Waals surface area contributed by atoms with Crippen LogP contribution in [0.25, 0.3) is 0 Å². The fourth-order valence-corrected chi connectivity index (χ4v) is 5.11. The van der Waals surface area contributed by atoms with E-state index in [9.17, 15) is 4.79 Å². The van der Waals surface area contributed by atoms with Crippen LogP contribution in [-0.2, 0) is 10.5 Å². The van der Waals surface area contributed by atoms with Gasteiger partial charge in [0.2, 0.25) is 11.1 Å². The summed E-state index contributed by atoms with van der Waals surface area (Å²) in [6.07, 6.45) is 3.47. The van der Waals surface area contributed by atoms with Crippen LogP contribution in [-0.4, -0.2) is 25.7 Å². The van der Waals surface area contributed by atoms with Crippen molar-refractivity contribution in [2.24, 2.45) is 0 Å². The average Bonchev–Trinajstić information content (AvgIpc) is 3.27. The molecule has 0 saturated carbocycles. The fraction of sp³-hybridized carbons (Fsp3) is 0.154. The smallest absolute Gasteiger partial charge is 0.255 e. The van der Waals surface area contributed by atoms with Gasteiger partial charge in [-0.25, -0.2) is 4.68 Å². The molecule has 3 heterocycles. The molecule has 2 aromatic heterocycles. The van der Waals surface area contributed by atoms with Gasteiger partial charge in [0.15, 0.2) is 0 Å². The number of rotatable bonds is 6. The van der Waals surface area contributed by atoms with E-state index in [1.807, 2.05) is 74.5 Å². The molecule has 1 aliphatic heterocycles. The van der Waals surface area contributed by atoms with Crippen molar-refractivity contribution in [3.63, 3.8) is 0 Å². The van der Waals surface area contributed by atoms with Crippen LogP contribution in [0.3, 0.4) is 0 Å². The Hall–Kier alpha value is -3.62. The largest absolute Gasteiger partial charge is 0.328 e. The van der Waals surface area contributed by atoms with E-state index >= 15 is 0 Å². The monoisotopic (exact) mass is 502 g/mol. The number of para-hydroxylation sites is 1. The first-order chi connectivity index (χ1) is 17.0. The highest BCUT2D eigenvalue weighted by Crippen LogP contribution is 2.37. The molecule has 0 spiro atoms. The number of nitrogens with zero attached hydrogens (tertiary/aromatic N) is 4. The van der Waals surface area contributed by atoms with E-state index in [1.54, 1.807) is 17.1 Å². The molecule has 1 aliphatic rings. The first-order valence-corrected chi connectivity index (χ1v) is 12.4. The van der Waals surface area contributed by atoms with Gasteiger partial charge in [-0.1, -0.05) is 65.8 Å². The maximum atomic E-state index is 13.6. The lowest BCUT2D eigenvalue weighted by atomic mass is 9.96. The zero-order valence-electron chi connectivity index (χ0n) is 19.2. The summed E-state index contributed by atoms with van der Waals surface area (Å²) in [5.74, 6) is 1.00. The highest BCUT2D eigenvalue weighted by Gasteiger charge is 2.34. The molecule has 0 aliphatic carbocycles. The van der Waals surface area contributed by atoms with Crippen LogP contribution in [0.2, 0.25) is 5.02 Å². The van der Waals surface area contributed by atoms with Gasteiger partial charge in [-0.2, -0.15) is 4.98 Å². The highest BCUT2D eigenvalue weighted by molar-refractivity contribution is 7.98. The number of benzene rings is 2. The first kappa shape index (κ1) is 23.1. The van der Waals surface area contributed by atoms with Gasteiger partial charge in [-0.15, -0.1) is 5.10 Å². The van der Waals surface area contributed by atoms with Gasteiger partial charge < -0.3 is 10.6 Å². The lowest BCUT2D eigenvalue weighted by Gasteiger charge is -2.28. The number of pyridine rings is 1. The molecule has 176 valence electrons. The topological polar surface area (TPSA) is 84.7 Å². The minimum atomic E-state index is -0.480. The molecular weight excluding hydrogens is 480 g/mol. The summed E-state index contributed by atoms with van der Waals surface area (Å²) in [6, 6.07) is 18.7. The van der Waals surface area contributed by atoms with Gasteiger partial charge in [0.1, 0.15) is 6.04 Å². The van der Waals surface area contributed by atoms with Crippen molar-refractivity contribution < 1.29 is 4.79 Å². The van der Waals surface area contributed by atoms with Crippen molar-refractivity contribution in [2.45, 2.75) is 30.8 Å². The predicted octanol–water partition coefficient (Wildman–Crippen LogP) is 5.85. The van der Waals surface area contributed by atoms with Crippen molar-refractivity contribution in [3.8, 4) is 0 Å². The zero-order chi connectivity index (χ0) is 24.4. The Kier molecular flexibility index (Phi) is 6.57. The number of hydrogen-bond acceptors (Lipinski definition) is 6. The highest BCUT2D eigenvalue weighted by atomic mass is 35.5. The van der Waals surface area contributed by atoms with Crippen LogP contribution < -0.4 is 10.6 Å². The molecule has 1 atom stereocenters. The van der Waals surface area contributed by atoms with E-state index in [0.29, 0.717) is 33.2 Å². The Bertz CT molecular complexity index is 1420. The number of aromatic nitrogens is 4. The SMILES string of the molecule is CC1=C(C(=O)Nc2ccccc2C)[C@H](c2cccnc2)n2nc(SCc3ccccc3Cl)nc2N1. The molecule has 0 fully saturated rings. The number of allylic oxidation sites excluding steroid dienone is 1. The summed E-state index contributed by atoms with van der Waals surface area (Å²) in [7, 11) is 0. The fourth-order valence-electron chi connectivity index (χ4n) is 3.99. The van der Waals surface area contributed by atoms with Crippen LogP contribution in [0, 0.1) is 6.92 Å². The second-order valence-electron chi connectivity index (χ2n) is 8.16. The molecule has 7 nitrogen and oxygen atoms in total. The Morgan fingerprint density at radius 2 is 1.91 bits per heavy atom. The van der Waals surface area contributed by atoms with E-state index in [-0.39, 0.29) is 5.91 Å². The molecule has 4 aromatic rings. The third kappa shape index (κ3) is 4.80. The van der Waals surface area contributed by atoms with E-state index in [1.165, 1.54) is 11.8 Å². The third-order valence-corrected chi connectivity index (χ3v) is 7.04. The number of aryl methyl sites for hydroxylation is 1. The summed E-state index contributed by atoms with van der Waals surface area (Å²) in [6.45, 7) is 3.84. The quantitative estimate of drug-likeness (QED) is 0.321. The molecule has 0 radical (unpaired) electrons. The number of carbonyl (C=O) groups is 1. The van der Waals surface area contributed by atoms with Crippen LogP contribution >= 0.6 is 23.4 Å². The summed E-state index contributed by atoms with van der Waals surface area (Å²) < 4.78 is 1.76. The second-order valence-corrected chi connectivity index (χ2v) is 9.51. The normalized spacial score (nSPS) is 14.9. The maximum Gasteiger partial charge on any atom is 0.255 e. The predicted molar refractivity (Wildman–Crippen MR) is 140 cm³/mol. The van der Waals surface area contributed by atoms with Crippen molar-refractivity contribution in [3.05, 3.63) is 106 Å². The van der Waals surface area contributed by atoms with Gasteiger partial charge in [-0.05, 0) is 48.7 Å². The molecule has 0 saturated heterocycles. The molecule has 9 heteroatoms. The number of amides is 1. The third-order valence-electron chi connectivity index (χ3n) is 5.79. The first-order valence-electron chi connectivity index (χ1n) is 11.1. The second kappa shape index (κ2) is 9.93. The zero-order valence-corrected chi connectivity index (χ0v) is 20.8. The Labute approximate surface area is 212 Å². The summed E-state index contributed by atoms with van der Waals surface area (Å²) in [5, 5.41) is 12.4. The van der Waals surface area contributed by atoms with Crippen molar-refractivity contribution in [2.75, 3.05) is 10.6 Å². The van der Waals surface area contributed by atoms with Gasteiger partial charge in [0.05, 0.1) is 5.57 Å². The Balaban J connectivity index is 1.49. The average molecular weight is 503 g/mol. The summed E-state index contributed by atoms with van der Waals surface area (Å²) in [5.41, 5.74) is 4.88. The van der Waals surface area contributed by atoms with Crippen molar-refractivity contribution in [1.82, 2.24) is 19.7 Å².